The first-order valence-electron chi connectivity index (χ1n) is 14.9. The van der Waals surface area contributed by atoms with Gasteiger partial charge in [0.1, 0.15) is 5.75 Å². The number of nitrogens with two attached hydrogens (primary N) is 1. The zero-order valence-electron chi connectivity index (χ0n) is 25.1. The van der Waals surface area contributed by atoms with Gasteiger partial charge in [0.2, 0.25) is 11.9 Å². The van der Waals surface area contributed by atoms with Gasteiger partial charge in [-0.3, -0.25) is 24.2 Å². The number of hydrogen-bond acceptors (Lipinski definition) is 9. The number of nitriles is 1. The van der Waals surface area contributed by atoms with Crippen molar-refractivity contribution in [3.8, 4) is 34.2 Å². The Morgan fingerprint density at radius 1 is 1.02 bits per heavy atom. The maximum atomic E-state index is 13.9. The average molecular weight is 636 g/mol. The molecule has 5 N–H and O–H groups in total. The summed E-state index contributed by atoms with van der Waals surface area (Å²) in [7, 11) is 1.72. The van der Waals surface area contributed by atoms with Gasteiger partial charge >= 0.3 is 0 Å². The van der Waals surface area contributed by atoms with Gasteiger partial charge in [-0.15, -0.1) is 12.4 Å². The van der Waals surface area contributed by atoms with E-state index < -0.39 is 0 Å². The highest BCUT2D eigenvalue weighted by Gasteiger charge is 2.27. The summed E-state index contributed by atoms with van der Waals surface area (Å²) < 4.78 is 7.29. The number of rotatable bonds is 8. The first-order valence-corrected chi connectivity index (χ1v) is 14.9. The van der Waals surface area contributed by atoms with Crippen LogP contribution in [0.3, 0.4) is 0 Å². The number of piperidine rings is 1. The van der Waals surface area contributed by atoms with Crippen molar-refractivity contribution < 1.29 is 19.5 Å². The zero-order chi connectivity index (χ0) is 31.2. The molecule has 1 aliphatic heterocycles. The van der Waals surface area contributed by atoms with Gasteiger partial charge in [0.15, 0.2) is 6.61 Å². The number of carbonyl (C=O) groups is 2. The van der Waals surface area contributed by atoms with Crippen LogP contribution in [0.4, 0.5) is 5.95 Å². The largest absolute Gasteiger partial charge is 0.484 e. The minimum Gasteiger partial charge on any atom is -0.484 e. The van der Waals surface area contributed by atoms with Gasteiger partial charge in [0.25, 0.3) is 11.5 Å². The summed E-state index contributed by atoms with van der Waals surface area (Å²) in [5.41, 5.74) is 10.4. The molecule has 12 nitrogen and oxygen atoms in total. The highest BCUT2D eigenvalue weighted by molar-refractivity contribution is 5.85. The molecule has 1 aromatic heterocycles. The Balaban J connectivity index is 0.00000461. The number of nitrogens with zero attached hydrogens (tertiary/aromatic N) is 4. The number of halogens is 1. The maximum Gasteiger partial charge on any atom is 0.263 e. The molecule has 0 unspecified atom stereocenters. The Hall–Kier alpha value is -4.44. The van der Waals surface area contributed by atoms with Crippen LogP contribution in [0.1, 0.15) is 44.1 Å². The summed E-state index contributed by atoms with van der Waals surface area (Å²) in [6, 6.07) is 16.2. The lowest BCUT2D eigenvalue weighted by Crippen LogP contribution is -2.42. The number of anilines is 1. The van der Waals surface area contributed by atoms with Gasteiger partial charge in [-0.1, -0.05) is 24.3 Å². The van der Waals surface area contributed by atoms with Crippen molar-refractivity contribution >= 4 is 30.2 Å². The standard InChI is InChI=1S/C32H37N7O5.ClH/c1-38-31(42)28(29(22-4-2-20(18-33)3-5-22)36-32(38)39-16-14-24(34)15-17-39)21-8-12-26(13-9-21)44-19-27(40)35-25-10-6-23(7-11-25)30(41)37-43;/h2-5,8-9,12-13,23-25,43H,6-7,10-11,14-17,19,34H2,1H3,(H,35,40)(H,37,41);1H. The number of nitrogens with one attached hydrogen (secondary N) is 2. The fourth-order valence-corrected chi connectivity index (χ4v) is 5.87. The molecule has 1 aliphatic carbocycles. The quantitative estimate of drug-likeness (QED) is 0.214. The van der Waals surface area contributed by atoms with E-state index in [0.717, 1.165) is 18.4 Å². The molecule has 0 radical (unpaired) electrons. The van der Waals surface area contributed by atoms with Gasteiger partial charge in [-0.25, -0.2) is 10.5 Å². The van der Waals surface area contributed by atoms with Crippen LogP contribution in [0, 0.1) is 17.2 Å². The fraction of sp³-hybridized carbons (Fsp3) is 0.406. The van der Waals surface area contributed by atoms with Crippen molar-refractivity contribution in [2.75, 3.05) is 24.6 Å². The first kappa shape index (κ1) is 33.5. The molecule has 238 valence electrons. The number of carbonyl (C=O) groups excluding carboxylic acids is 2. The lowest BCUT2D eigenvalue weighted by Gasteiger charge is -2.32. The molecule has 45 heavy (non-hydrogen) atoms. The predicted molar refractivity (Wildman–Crippen MR) is 171 cm³/mol. The molecule has 2 aliphatic rings. The van der Waals surface area contributed by atoms with E-state index in [2.05, 4.69) is 16.3 Å². The molecule has 1 saturated carbocycles. The number of hydrogen-bond donors (Lipinski definition) is 4. The number of amides is 2. The Morgan fingerprint density at radius 3 is 2.24 bits per heavy atom. The van der Waals surface area contributed by atoms with Gasteiger partial charge < -0.3 is 20.7 Å². The second kappa shape index (κ2) is 15.0. The first-order chi connectivity index (χ1) is 21.3. The molecule has 2 fully saturated rings. The van der Waals surface area contributed by atoms with E-state index in [4.69, 9.17) is 20.7 Å². The van der Waals surface area contributed by atoms with E-state index >= 15 is 0 Å². The molecule has 0 spiro atoms. The molecule has 5 rings (SSSR count). The van der Waals surface area contributed by atoms with E-state index in [0.29, 0.717) is 72.9 Å². The molecule has 2 heterocycles. The van der Waals surface area contributed by atoms with Crippen molar-refractivity contribution in [2.24, 2.45) is 18.7 Å². The fourth-order valence-electron chi connectivity index (χ4n) is 5.87. The number of benzene rings is 2. The van der Waals surface area contributed by atoms with Crippen LogP contribution in [-0.4, -0.2) is 58.4 Å². The van der Waals surface area contributed by atoms with Crippen LogP contribution in [-0.2, 0) is 16.6 Å². The summed E-state index contributed by atoms with van der Waals surface area (Å²) in [5.74, 6) is 0.147. The molecule has 2 amide bonds. The Labute approximate surface area is 267 Å². The van der Waals surface area contributed by atoms with E-state index in [9.17, 15) is 19.6 Å². The molecule has 13 heteroatoms. The minimum absolute atomic E-state index is 0. The van der Waals surface area contributed by atoms with E-state index in [1.807, 2.05) is 0 Å². The lowest BCUT2D eigenvalue weighted by atomic mass is 9.85. The average Bonchev–Trinajstić information content (AvgIpc) is 3.06. The molecule has 3 aromatic rings. The molecular formula is C32H38ClN7O5. The van der Waals surface area contributed by atoms with Crippen molar-refractivity contribution in [1.29, 1.82) is 5.26 Å². The van der Waals surface area contributed by atoms with Crippen LogP contribution < -0.4 is 31.7 Å². The molecule has 1 saturated heterocycles. The van der Waals surface area contributed by atoms with Crippen LogP contribution in [0.15, 0.2) is 53.3 Å². The number of hydroxylamine groups is 1. The van der Waals surface area contributed by atoms with Crippen molar-refractivity contribution in [1.82, 2.24) is 20.3 Å². The Kier molecular flexibility index (Phi) is 11.2. The monoisotopic (exact) mass is 635 g/mol. The highest BCUT2D eigenvalue weighted by atomic mass is 35.5. The van der Waals surface area contributed by atoms with E-state index in [1.165, 1.54) is 0 Å². The third-order valence-electron chi connectivity index (χ3n) is 8.46. The van der Waals surface area contributed by atoms with Crippen molar-refractivity contribution in [3.63, 3.8) is 0 Å². The molecule has 0 bridgehead atoms. The minimum atomic E-state index is -0.387. The van der Waals surface area contributed by atoms with Gasteiger partial charge in [-0.2, -0.15) is 5.26 Å². The second-order valence-electron chi connectivity index (χ2n) is 11.4. The van der Waals surface area contributed by atoms with Crippen LogP contribution in [0.5, 0.6) is 5.75 Å². The van der Waals surface area contributed by atoms with Crippen LogP contribution in [0.2, 0.25) is 0 Å². The smallest absolute Gasteiger partial charge is 0.263 e. The number of aromatic nitrogens is 2. The normalized spacial score (nSPS) is 18.3. The molecule has 0 atom stereocenters. The van der Waals surface area contributed by atoms with Crippen LogP contribution in [0.25, 0.3) is 22.4 Å². The lowest BCUT2D eigenvalue weighted by molar-refractivity contribution is -0.134. The Bertz CT molecular complexity index is 1590. The molecular weight excluding hydrogens is 598 g/mol. The van der Waals surface area contributed by atoms with Gasteiger partial charge in [0, 0.05) is 43.7 Å². The zero-order valence-corrected chi connectivity index (χ0v) is 25.9. The maximum absolute atomic E-state index is 13.9. The topological polar surface area (TPSA) is 176 Å². The third kappa shape index (κ3) is 7.81. The summed E-state index contributed by atoms with van der Waals surface area (Å²) >= 11 is 0. The summed E-state index contributed by atoms with van der Waals surface area (Å²) in [6.07, 6.45) is 4.10. The van der Waals surface area contributed by atoms with Gasteiger partial charge in [-0.05, 0) is 68.4 Å². The summed E-state index contributed by atoms with van der Waals surface area (Å²) in [4.78, 5) is 45.1. The summed E-state index contributed by atoms with van der Waals surface area (Å²) in [6.45, 7) is 1.23. The molecule has 2 aromatic carbocycles. The van der Waals surface area contributed by atoms with Crippen molar-refractivity contribution in [3.05, 3.63) is 64.4 Å². The van der Waals surface area contributed by atoms with Gasteiger partial charge in [0.05, 0.1) is 22.9 Å². The van der Waals surface area contributed by atoms with E-state index in [1.54, 1.807) is 65.6 Å². The predicted octanol–water partition coefficient (Wildman–Crippen LogP) is 2.89. The SMILES string of the molecule is Cl.Cn1c(N2CCC(N)CC2)nc(-c2ccc(C#N)cc2)c(-c2ccc(OCC(=O)NC3CCC(C(=O)NO)CC3)cc2)c1=O. The van der Waals surface area contributed by atoms with E-state index in [-0.39, 0.29) is 54.4 Å². The Morgan fingerprint density at radius 2 is 1.64 bits per heavy atom. The van der Waals surface area contributed by atoms with Crippen LogP contribution >= 0.6 is 12.4 Å². The second-order valence-corrected chi connectivity index (χ2v) is 11.4. The summed E-state index contributed by atoms with van der Waals surface area (Å²) in [5, 5.41) is 21.0. The third-order valence-corrected chi connectivity index (χ3v) is 8.46. The number of ether oxygens (including phenoxy) is 1. The van der Waals surface area contributed by atoms with Crippen molar-refractivity contribution in [2.45, 2.75) is 50.6 Å². The highest BCUT2D eigenvalue weighted by Crippen LogP contribution is 2.32.